The van der Waals surface area contributed by atoms with E-state index in [-0.39, 0.29) is 16.3 Å². The molecule has 2 N–H and O–H groups in total. The molecule has 0 heterocycles. The molecule has 30 heavy (non-hydrogen) atoms. The Morgan fingerprint density at radius 3 is 2.43 bits per heavy atom. The van der Waals surface area contributed by atoms with Crippen LogP contribution in [0.1, 0.15) is 12.5 Å². The number of benzene rings is 3. The number of nitro groups is 1. The van der Waals surface area contributed by atoms with Gasteiger partial charge >= 0.3 is 0 Å². The van der Waals surface area contributed by atoms with Crippen LogP contribution < -0.4 is 10.1 Å². The number of halogens is 1. The van der Waals surface area contributed by atoms with Gasteiger partial charge in [0, 0.05) is 11.1 Å². The maximum atomic E-state index is 12.6. The molecule has 0 unspecified atom stereocenters. The van der Waals surface area contributed by atoms with Gasteiger partial charge in [-0.2, -0.15) is 5.10 Å². The minimum Gasteiger partial charge on any atom is -0.280 e. The van der Waals surface area contributed by atoms with Crippen LogP contribution in [0.4, 0.5) is 17.1 Å². The van der Waals surface area contributed by atoms with Crippen LogP contribution in [-0.4, -0.2) is 19.1 Å². The van der Waals surface area contributed by atoms with Crippen LogP contribution in [0.2, 0.25) is 5.02 Å². The Balaban J connectivity index is 1.89. The molecule has 3 aromatic rings. The van der Waals surface area contributed by atoms with Crippen LogP contribution in [0.25, 0.3) is 0 Å². The van der Waals surface area contributed by atoms with Crippen LogP contribution in [0.5, 0.6) is 0 Å². The van der Waals surface area contributed by atoms with E-state index in [9.17, 15) is 18.5 Å². The third-order valence-electron chi connectivity index (χ3n) is 4.09. The van der Waals surface area contributed by atoms with Gasteiger partial charge in [0.1, 0.15) is 5.69 Å². The van der Waals surface area contributed by atoms with Gasteiger partial charge in [0.05, 0.1) is 21.2 Å². The van der Waals surface area contributed by atoms with E-state index in [1.807, 2.05) is 30.3 Å². The summed E-state index contributed by atoms with van der Waals surface area (Å²) in [7, 11) is -4.05. The molecular weight excluding hydrogens is 428 g/mol. The largest absolute Gasteiger partial charge is 0.295 e. The number of nitrogens with zero attached hydrogens (tertiary/aromatic N) is 2. The predicted octanol–water partition coefficient (Wildman–Crippen LogP) is 4.89. The quantitative estimate of drug-likeness (QED) is 0.306. The zero-order valence-corrected chi connectivity index (χ0v) is 17.3. The van der Waals surface area contributed by atoms with Crippen molar-refractivity contribution in [2.75, 3.05) is 10.1 Å². The summed E-state index contributed by atoms with van der Waals surface area (Å²) in [5, 5.41) is 16.0. The first-order valence-electron chi connectivity index (χ1n) is 8.69. The lowest BCUT2D eigenvalue weighted by Crippen LogP contribution is -2.13. The lowest BCUT2D eigenvalue weighted by atomic mass is 10.1. The van der Waals surface area contributed by atoms with Gasteiger partial charge < -0.3 is 0 Å². The van der Waals surface area contributed by atoms with Gasteiger partial charge in [-0.25, -0.2) is 8.42 Å². The van der Waals surface area contributed by atoms with Crippen molar-refractivity contribution in [3.8, 4) is 0 Å². The second kappa shape index (κ2) is 8.93. The molecule has 0 fully saturated rings. The van der Waals surface area contributed by atoms with Crippen LogP contribution in [0.15, 0.2) is 82.8 Å². The van der Waals surface area contributed by atoms with Crippen molar-refractivity contribution in [1.29, 1.82) is 0 Å². The Bertz CT molecular complexity index is 1210. The van der Waals surface area contributed by atoms with Gasteiger partial charge in [-0.1, -0.05) is 48.0 Å². The summed E-state index contributed by atoms with van der Waals surface area (Å²) in [6.07, 6.45) is 0. The SMILES string of the molecule is C/C(=N\Nc1ccc(S(=O)(=O)Nc2cccc(Cl)c2)cc1[N+](=O)[O-])c1ccccc1. The number of hydrogen-bond donors (Lipinski definition) is 2. The first-order chi connectivity index (χ1) is 14.3. The van der Waals surface area contributed by atoms with Crippen LogP contribution in [-0.2, 0) is 10.0 Å². The Morgan fingerprint density at radius 1 is 1.03 bits per heavy atom. The van der Waals surface area contributed by atoms with E-state index < -0.39 is 20.6 Å². The molecule has 154 valence electrons. The molecule has 8 nitrogen and oxygen atoms in total. The van der Waals surface area contributed by atoms with Crippen molar-refractivity contribution >= 4 is 44.4 Å². The zero-order valence-electron chi connectivity index (χ0n) is 15.7. The summed E-state index contributed by atoms with van der Waals surface area (Å²) in [6, 6.07) is 19.0. The Hall–Kier alpha value is -3.43. The van der Waals surface area contributed by atoms with E-state index >= 15 is 0 Å². The lowest BCUT2D eigenvalue weighted by Gasteiger charge is -2.10. The monoisotopic (exact) mass is 444 g/mol. The highest BCUT2D eigenvalue weighted by Crippen LogP contribution is 2.29. The summed E-state index contributed by atoms with van der Waals surface area (Å²) in [6.45, 7) is 1.75. The van der Waals surface area contributed by atoms with Gasteiger partial charge in [0.25, 0.3) is 15.7 Å². The highest BCUT2D eigenvalue weighted by Gasteiger charge is 2.21. The van der Waals surface area contributed by atoms with Crippen LogP contribution in [0, 0.1) is 10.1 Å². The van der Waals surface area contributed by atoms with Gasteiger partial charge in [-0.3, -0.25) is 20.3 Å². The van der Waals surface area contributed by atoms with E-state index in [1.54, 1.807) is 19.1 Å². The number of nitro benzene ring substituents is 1. The summed E-state index contributed by atoms with van der Waals surface area (Å²) in [5.41, 5.74) is 3.99. The van der Waals surface area contributed by atoms with E-state index in [0.717, 1.165) is 11.6 Å². The van der Waals surface area contributed by atoms with Crippen molar-refractivity contribution in [1.82, 2.24) is 0 Å². The number of nitrogens with one attached hydrogen (secondary N) is 2. The highest BCUT2D eigenvalue weighted by atomic mass is 35.5. The summed E-state index contributed by atoms with van der Waals surface area (Å²) >= 11 is 5.87. The number of anilines is 2. The minimum atomic E-state index is -4.05. The molecule has 0 saturated carbocycles. The first-order valence-corrected chi connectivity index (χ1v) is 10.5. The first kappa shape index (κ1) is 21.3. The topological polar surface area (TPSA) is 114 Å². The minimum absolute atomic E-state index is 0.0667. The molecule has 0 amide bonds. The van der Waals surface area contributed by atoms with Crippen molar-refractivity contribution in [2.24, 2.45) is 5.10 Å². The number of hydrogen-bond acceptors (Lipinski definition) is 6. The van der Waals surface area contributed by atoms with E-state index in [4.69, 9.17) is 11.6 Å². The van der Waals surface area contributed by atoms with Crippen LogP contribution in [0.3, 0.4) is 0 Å². The fourth-order valence-electron chi connectivity index (χ4n) is 2.58. The average molecular weight is 445 g/mol. The molecule has 0 aliphatic carbocycles. The maximum absolute atomic E-state index is 12.6. The standard InChI is InChI=1S/C20H17ClN4O4S/c1-14(15-6-3-2-4-7-15)22-23-19-11-10-18(13-20(19)25(26)27)30(28,29)24-17-9-5-8-16(21)12-17/h2-13,23-24H,1H3/b22-14+. The molecule has 0 radical (unpaired) electrons. The molecule has 0 atom stereocenters. The molecule has 0 aliphatic rings. The van der Waals surface area contributed by atoms with Gasteiger partial charge in [0.15, 0.2) is 0 Å². The molecule has 0 aromatic heterocycles. The van der Waals surface area contributed by atoms with Crippen molar-refractivity contribution in [3.63, 3.8) is 0 Å². The molecule has 0 aliphatic heterocycles. The Kier molecular flexibility index (Phi) is 6.34. The molecule has 0 saturated heterocycles. The normalized spacial score (nSPS) is 11.7. The van der Waals surface area contributed by atoms with Gasteiger partial charge in [-0.05, 0) is 42.8 Å². The van der Waals surface area contributed by atoms with Crippen molar-refractivity contribution < 1.29 is 13.3 Å². The molecule has 10 heteroatoms. The average Bonchev–Trinajstić information content (AvgIpc) is 2.72. The smallest absolute Gasteiger partial charge is 0.280 e. The molecular formula is C20H17ClN4O4S. The van der Waals surface area contributed by atoms with Gasteiger partial charge in [0.2, 0.25) is 0 Å². The third kappa shape index (κ3) is 5.13. The van der Waals surface area contributed by atoms with Gasteiger partial charge in [-0.15, -0.1) is 0 Å². The summed E-state index contributed by atoms with van der Waals surface area (Å²) < 4.78 is 27.6. The molecule has 0 spiro atoms. The summed E-state index contributed by atoms with van der Waals surface area (Å²) in [4.78, 5) is 10.6. The summed E-state index contributed by atoms with van der Waals surface area (Å²) in [5.74, 6) is 0. The highest BCUT2D eigenvalue weighted by molar-refractivity contribution is 7.92. The Morgan fingerprint density at radius 2 is 1.77 bits per heavy atom. The number of hydrazone groups is 1. The van der Waals surface area contributed by atoms with E-state index in [0.29, 0.717) is 10.7 Å². The van der Waals surface area contributed by atoms with E-state index in [2.05, 4.69) is 15.2 Å². The fourth-order valence-corrected chi connectivity index (χ4v) is 3.84. The fraction of sp³-hybridized carbons (Fsp3) is 0.0500. The van der Waals surface area contributed by atoms with E-state index in [1.165, 1.54) is 24.3 Å². The zero-order chi connectivity index (χ0) is 21.7. The number of rotatable bonds is 7. The van der Waals surface area contributed by atoms with Crippen LogP contribution >= 0.6 is 11.6 Å². The predicted molar refractivity (Wildman–Crippen MR) is 118 cm³/mol. The lowest BCUT2D eigenvalue weighted by molar-refractivity contribution is -0.384. The second-order valence-corrected chi connectivity index (χ2v) is 8.35. The molecule has 3 rings (SSSR count). The number of sulfonamides is 1. The molecule has 0 bridgehead atoms. The van der Waals surface area contributed by atoms with Crippen molar-refractivity contribution in [3.05, 3.63) is 93.5 Å². The maximum Gasteiger partial charge on any atom is 0.295 e. The Labute approximate surface area is 178 Å². The molecule has 3 aromatic carbocycles. The second-order valence-electron chi connectivity index (χ2n) is 6.23. The van der Waals surface area contributed by atoms with Crippen molar-refractivity contribution in [2.45, 2.75) is 11.8 Å². The third-order valence-corrected chi connectivity index (χ3v) is 5.70.